The lowest BCUT2D eigenvalue weighted by atomic mass is 10.1. The number of benzene rings is 1. The highest BCUT2D eigenvalue weighted by Crippen LogP contribution is 2.30. The number of carbonyl (C=O) groups is 1. The van der Waals surface area contributed by atoms with E-state index >= 15 is 0 Å². The number of rotatable bonds is 4. The van der Waals surface area contributed by atoms with E-state index in [0.29, 0.717) is 24.6 Å². The van der Waals surface area contributed by atoms with Crippen LogP contribution in [0.2, 0.25) is 0 Å². The van der Waals surface area contributed by atoms with Crippen LogP contribution in [0.3, 0.4) is 0 Å². The number of hydrogen-bond donors (Lipinski definition) is 0. The van der Waals surface area contributed by atoms with Gasteiger partial charge in [-0.05, 0) is 30.5 Å². The number of alkyl halides is 3. The van der Waals surface area contributed by atoms with E-state index in [1.54, 1.807) is 0 Å². The molecule has 1 aromatic carbocycles. The minimum absolute atomic E-state index is 0.0478. The Morgan fingerprint density at radius 1 is 1.32 bits per heavy atom. The van der Waals surface area contributed by atoms with Gasteiger partial charge in [-0.25, -0.2) is 9.18 Å². The van der Waals surface area contributed by atoms with Gasteiger partial charge in [-0.15, -0.1) is 0 Å². The lowest BCUT2D eigenvalue weighted by Gasteiger charge is -2.10. The molecule has 1 rings (SSSR count). The van der Waals surface area contributed by atoms with E-state index in [1.807, 2.05) is 13.8 Å². The normalized spacial score (nSPS) is 11.7. The summed E-state index contributed by atoms with van der Waals surface area (Å²) in [5.41, 5.74) is -1.77. The molecule has 0 heterocycles. The summed E-state index contributed by atoms with van der Waals surface area (Å²) in [7, 11) is 0. The first-order valence-electron chi connectivity index (χ1n) is 5.75. The SMILES string of the molecule is CC(C)CCOC(=O)c1cc(C(F)(F)F)ccc1F. The first kappa shape index (κ1) is 15.5. The molecular formula is C13H14F4O2. The molecule has 0 radical (unpaired) electrons. The third kappa shape index (κ3) is 4.54. The Morgan fingerprint density at radius 2 is 1.95 bits per heavy atom. The summed E-state index contributed by atoms with van der Waals surface area (Å²) < 4.78 is 55.4. The van der Waals surface area contributed by atoms with Crippen LogP contribution in [-0.2, 0) is 10.9 Å². The first-order chi connectivity index (χ1) is 8.71. The summed E-state index contributed by atoms with van der Waals surface area (Å²) in [6.45, 7) is 3.85. The van der Waals surface area contributed by atoms with Gasteiger partial charge in [-0.3, -0.25) is 0 Å². The molecule has 1 aromatic rings. The Kier molecular flexibility index (Phi) is 4.91. The molecule has 0 bridgehead atoms. The number of carbonyl (C=O) groups excluding carboxylic acids is 1. The summed E-state index contributed by atoms with van der Waals surface area (Å²) in [6.07, 6.45) is -4.06. The van der Waals surface area contributed by atoms with E-state index in [9.17, 15) is 22.4 Å². The molecule has 106 valence electrons. The average molecular weight is 278 g/mol. The van der Waals surface area contributed by atoms with Crippen molar-refractivity contribution in [2.24, 2.45) is 5.92 Å². The van der Waals surface area contributed by atoms with Gasteiger partial charge in [0, 0.05) is 0 Å². The first-order valence-corrected chi connectivity index (χ1v) is 5.75. The zero-order chi connectivity index (χ0) is 14.6. The van der Waals surface area contributed by atoms with Gasteiger partial charge in [0.25, 0.3) is 0 Å². The molecule has 0 aliphatic carbocycles. The second-order valence-corrected chi connectivity index (χ2v) is 4.51. The third-order valence-corrected chi connectivity index (χ3v) is 2.44. The standard InChI is InChI=1S/C13H14F4O2/c1-8(2)5-6-19-12(18)10-7-9(13(15,16)17)3-4-11(10)14/h3-4,7-8H,5-6H2,1-2H3. The fourth-order valence-electron chi connectivity index (χ4n) is 1.32. The van der Waals surface area contributed by atoms with Crippen LogP contribution in [0.1, 0.15) is 36.2 Å². The highest BCUT2D eigenvalue weighted by atomic mass is 19.4. The molecule has 0 amide bonds. The van der Waals surface area contributed by atoms with Gasteiger partial charge in [-0.1, -0.05) is 13.8 Å². The smallest absolute Gasteiger partial charge is 0.416 e. The maximum Gasteiger partial charge on any atom is 0.416 e. The van der Waals surface area contributed by atoms with Gasteiger partial charge in [0.15, 0.2) is 0 Å². The zero-order valence-corrected chi connectivity index (χ0v) is 10.6. The zero-order valence-electron chi connectivity index (χ0n) is 10.6. The van der Waals surface area contributed by atoms with Crippen LogP contribution in [0.25, 0.3) is 0 Å². The van der Waals surface area contributed by atoms with Crippen molar-refractivity contribution in [2.75, 3.05) is 6.61 Å². The molecule has 19 heavy (non-hydrogen) atoms. The molecule has 6 heteroatoms. The fourth-order valence-corrected chi connectivity index (χ4v) is 1.32. The number of halogens is 4. The van der Waals surface area contributed by atoms with Crippen molar-refractivity contribution in [3.05, 3.63) is 35.1 Å². The van der Waals surface area contributed by atoms with Crippen LogP contribution in [0.4, 0.5) is 17.6 Å². The lowest BCUT2D eigenvalue weighted by Crippen LogP contribution is -2.13. The van der Waals surface area contributed by atoms with Crippen LogP contribution in [-0.4, -0.2) is 12.6 Å². The maximum atomic E-state index is 13.3. The van der Waals surface area contributed by atoms with Crippen LogP contribution < -0.4 is 0 Å². The van der Waals surface area contributed by atoms with Gasteiger partial charge in [0.2, 0.25) is 0 Å². The van der Waals surface area contributed by atoms with E-state index in [4.69, 9.17) is 4.74 Å². The molecule has 0 N–H and O–H groups in total. The summed E-state index contributed by atoms with van der Waals surface area (Å²) >= 11 is 0. The van der Waals surface area contributed by atoms with Crippen molar-refractivity contribution in [1.82, 2.24) is 0 Å². The minimum atomic E-state index is -4.62. The topological polar surface area (TPSA) is 26.3 Å². The summed E-state index contributed by atoms with van der Waals surface area (Å²) in [4.78, 5) is 11.5. The third-order valence-electron chi connectivity index (χ3n) is 2.44. The molecule has 0 atom stereocenters. The summed E-state index contributed by atoms with van der Waals surface area (Å²) in [5.74, 6) is -1.83. The van der Waals surface area contributed by atoms with Gasteiger partial charge >= 0.3 is 12.1 Å². The van der Waals surface area contributed by atoms with Crippen LogP contribution in [0, 0.1) is 11.7 Å². The van der Waals surface area contributed by atoms with E-state index in [1.165, 1.54) is 0 Å². The van der Waals surface area contributed by atoms with Crippen molar-refractivity contribution < 1.29 is 27.1 Å². The molecule has 0 saturated heterocycles. The predicted octanol–water partition coefficient (Wildman–Crippen LogP) is 4.05. The Bertz CT molecular complexity index is 452. The average Bonchev–Trinajstić information content (AvgIpc) is 2.27. The molecule has 0 fully saturated rings. The number of esters is 1. The van der Waals surface area contributed by atoms with Crippen LogP contribution in [0.5, 0.6) is 0 Å². The monoisotopic (exact) mass is 278 g/mol. The van der Waals surface area contributed by atoms with Crippen LogP contribution in [0.15, 0.2) is 18.2 Å². The van der Waals surface area contributed by atoms with E-state index in [2.05, 4.69) is 0 Å². The van der Waals surface area contributed by atoms with Crippen LogP contribution >= 0.6 is 0 Å². The molecule has 0 aliphatic heterocycles. The number of hydrogen-bond acceptors (Lipinski definition) is 2. The molecule has 2 nitrogen and oxygen atoms in total. The minimum Gasteiger partial charge on any atom is -0.462 e. The van der Waals surface area contributed by atoms with Crippen molar-refractivity contribution in [3.63, 3.8) is 0 Å². The van der Waals surface area contributed by atoms with Gasteiger partial charge in [0.05, 0.1) is 17.7 Å². The molecule has 0 aromatic heterocycles. The second-order valence-electron chi connectivity index (χ2n) is 4.51. The van der Waals surface area contributed by atoms with Crippen molar-refractivity contribution in [3.8, 4) is 0 Å². The molecular weight excluding hydrogens is 264 g/mol. The van der Waals surface area contributed by atoms with Crippen molar-refractivity contribution in [2.45, 2.75) is 26.4 Å². The summed E-state index contributed by atoms with van der Waals surface area (Å²) in [6, 6.07) is 1.66. The molecule has 0 spiro atoms. The summed E-state index contributed by atoms with van der Waals surface area (Å²) in [5, 5.41) is 0. The highest BCUT2D eigenvalue weighted by Gasteiger charge is 2.32. The Labute approximate surface area is 108 Å². The molecule has 0 saturated carbocycles. The van der Waals surface area contributed by atoms with Gasteiger partial charge < -0.3 is 4.74 Å². The van der Waals surface area contributed by atoms with Gasteiger partial charge in [0.1, 0.15) is 5.82 Å². The highest BCUT2D eigenvalue weighted by molar-refractivity contribution is 5.89. The van der Waals surface area contributed by atoms with Gasteiger partial charge in [-0.2, -0.15) is 13.2 Å². The van der Waals surface area contributed by atoms with Crippen molar-refractivity contribution >= 4 is 5.97 Å². The van der Waals surface area contributed by atoms with E-state index in [-0.39, 0.29) is 12.5 Å². The predicted molar refractivity (Wildman–Crippen MR) is 61.1 cm³/mol. The quantitative estimate of drug-likeness (QED) is 0.613. The fraction of sp³-hybridized carbons (Fsp3) is 0.462. The maximum absolute atomic E-state index is 13.3. The van der Waals surface area contributed by atoms with Crippen molar-refractivity contribution in [1.29, 1.82) is 0 Å². The lowest BCUT2D eigenvalue weighted by molar-refractivity contribution is -0.137. The van der Waals surface area contributed by atoms with E-state index < -0.39 is 29.1 Å². The Hall–Kier alpha value is -1.59. The van der Waals surface area contributed by atoms with E-state index in [0.717, 1.165) is 0 Å². The molecule has 0 aliphatic rings. The Balaban J connectivity index is 2.84. The largest absolute Gasteiger partial charge is 0.462 e. The molecule has 0 unspecified atom stereocenters. The second kappa shape index (κ2) is 6.04. The number of ether oxygens (including phenoxy) is 1. The Morgan fingerprint density at radius 3 is 2.47 bits per heavy atom.